The van der Waals surface area contributed by atoms with Gasteiger partial charge in [0.15, 0.2) is 0 Å². The molecule has 3 rings (SSSR count). The van der Waals surface area contributed by atoms with Gasteiger partial charge >= 0.3 is 0 Å². The lowest BCUT2D eigenvalue weighted by molar-refractivity contribution is 1.30. The third-order valence-corrected chi connectivity index (χ3v) is 5.26. The van der Waals surface area contributed by atoms with Gasteiger partial charge in [-0.3, -0.25) is 0 Å². The molecule has 0 unspecified atom stereocenters. The summed E-state index contributed by atoms with van der Waals surface area (Å²) in [5.74, 6) is 0.435. The van der Waals surface area contributed by atoms with E-state index < -0.39 is 0 Å². The Morgan fingerprint density at radius 2 is 0.917 bits per heavy atom. The molecule has 0 saturated carbocycles. The van der Waals surface area contributed by atoms with E-state index in [9.17, 15) is 0 Å². The molecule has 0 bridgehead atoms. The quantitative estimate of drug-likeness (QED) is 0.724. The van der Waals surface area contributed by atoms with E-state index in [-0.39, 0.29) is 0 Å². The fraction of sp³-hybridized carbons (Fsp3) is 0.304. The molecule has 0 nitrogen and oxygen atoms in total. The Labute approximate surface area is 147 Å². The van der Waals surface area contributed by atoms with E-state index in [0.717, 1.165) is 0 Å². The monoisotopic (exact) mass is 314 g/mol. The number of allylic oxidation sites excluding steroid dienone is 4. The van der Waals surface area contributed by atoms with Gasteiger partial charge in [-0.05, 0) is 47.4 Å². The number of rotatable bonds is 3. The van der Waals surface area contributed by atoms with Crippen LogP contribution in [0.15, 0.2) is 48.6 Å². The Morgan fingerprint density at radius 3 is 1.25 bits per heavy atom. The lowest BCUT2D eigenvalue weighted by Crippen LogP contribution is -2.49. The summed E-state index contributed by atoms with van der Waals surface area (Å²) in [5, 5.41) is 0. The molecule has 0 saturated heterocycles. The number of aryl methyl sites for hydroxylation is 6. The zero-order valence-corrected chi connectivity index (χ0v) is 15.8. The standard InChI is InChI=1S/C23H27B/c1-15-11-17(3)22(18(4)12-15)24(21-9-7-8-10-21)23-19(5)13-16(2)14-20(23)6/h7-14,21H,1-6H3. The van der Waals surface area contributed by atoms with Crippen molar-refractivity contribution in [1.82, 2.24) is 0 Å². The predicted octanol–water partition coefficient (Wildman–Crippen LogP) is 4.64. The number of benzene rings is 2. The van der Waals surface area contributed by atoms with Crippen molar-refractivity contribution < 1.29 is 0 Å². The van der Waals surface area contributed by atoms with Gasteiger partial charge in [0.25, 0.3) is 0 Å². The molecule has 2 aromatic rings. The normalized spacial score (nSPS) is 13.8. The molecule has 0 atom stereocenters. The van der Waals surface area contributed by atoms with Crippen LogP contribution >= 0.6 is 0 Å². The molecule has 0 fully saturated rings. The molecule has 0 heterocycles. The molecular weight excluding hydrogens is 287 g/mol. The van der Waals surface area contributed by atoms with E-state index in [1.165, 1.54) is 44.3 Å². The van der Waals surface area contributed by atoms with E-state index >= 15 is 0 Å². The van der Waals surface area contributed by atoms with Crippen LogP contribution in [-0.2, 0) is 0 Å². The van der Waals surface area contributed by atoms with Gasteiger partial charge in [0.1, 0.15) is 0 Å². The Hall–Kier alpha value is -2.02. The summed E-state index contributed by atoms with van der Waals surface area (Å²) in [5.41, 5.74) is 11.3. The Morgan fingerprint density at radius 1 is 0.583 bits per heavy atom. The predicted molar refractivity (Wildman–Crippen MR) is 108 cm³/mol. The first kappa shape index (κ1) is 16.8. The minimum absolute atomic E-state index is 0.390. The van der Waals surface area contributed by atoms with E-state index in [4.69, 9.17) is 0 Å². The smallest absolute Gasteiger partial charge is 0.0842 e. The molecular formula is C23H27B. The summed E-state index contributed by atoms with van der Waals surface area (Å²) in [4.78, 5) is 0. The average Bonchev–Trinajstić information content (AvgIpc) is 2.97. The van der Waals surface area contributed by atoms with Crippen LogP contribution in [0.25, 0.3) is 0 Å². The van der Waals surface area contributed by atoms with Crippen LogP contribution in [0.4, 0.5) is 0 Å². The van der Waals surface area contributed by atoms with Crippen molar-refractivity contribution in [2.24, 2.45) is 0 Å². The van der Waals surface area contributed by atoms with Gasteiger partial charge in [0.05, 0.1) is 0 Å². The van der Waals surface area contributed by atoms with Gasteiger partial charge < -0.3 is 0 Å². The van der Waals surface area contributed by atoms with Crippen LogP contribution in [0.1, 0.15) is 33.4 Å². The Bertz CT molecular complexity index is 724. The fourth-order valence-electron chi connectivity index (χ4n) is 4.56. The first-order chi connectivity index (χ1) is 11.4. The van der Waals surface area contributed by atoms with Gasteiger partial charge in [0, 0.05) is 0 Å². The van der Waals surface area contributed by atoms with Crippen LogP contribution in [0.5, 0.6) is 0 Å². The molecule has 1 heteroatoms. The van der Waals surface area contributed by atoms with Crippen molar-refractivity contribution >= 4 is 17.6 Å². The summed E-state index contributed by atoms with van der Waals surface area (Å²) in [7, 11) is 0. The van der Waals surface area contributed by atoms with Crippen LogP contribution in [0.3, 0.4) is 0 Å². The highest BCUT2D eigenvalue weighted by Crippen LogP contribution is 2.24. The second-order valence-corrected chi connectivity index (χ2v) is 7.45. The summed E-state index contributed by atoms with van der Waals surface area (Å²) in [6.07, 6.45) is 9.08. The van der Waals surface area contributed by atoms with Crippen molar-refractivity contribution in [3.63, 3.8) is 0 Å². The Balaban J connectivity index is 2.27. The summed E-state index contributed by atoms with van der Waals surface area (Å²) < 4.78 is 0. The van der Waals surface area contributed by atoms with Crippen molar-refractivity contribution in [2.45, 2.75) is 47.4 Å². The van der Waals surface area contributed by atoms with E-state index in [1.807, 2.05) is 0 Å². The van der Waals surface area contributed by atoms with Gasteiger partial charge in [0.2, 0.25) is 6.71 Å². The average molecular weight is 314 g/mol. The Kier molecular flexibility index (Phi) is 4.54. The summed E-state index contributed by atoms with van der Waals surface area (Å²) >= 11 is 0. The highest BCUT2D eigenvalue weighted by molar-refractivity contribution is 6.88. The highest BCUT2D eigenvalue weighted by Gasteiger charge is 2.32. The maximum Gasteiger partial charge on any atom is 0.221 e. The molecule has 122 valence electrons. The molecule has 0 radical (unpaired) electrons. The van der Waals surface area contributed by atoms with Gasteiger partial charge in [-0.15, -0.1) is 0 Å². The maximum atomic E-state index is 2.35. The van der Waals surface area contributed by atoms with Crippen LogP contribution in [0, 0.1) is 41.5 Å². The fourth-order valence-corrected chi connectivity index (χ4v) is 4.56. The molecule has 2 aromatic carbocycles. The van der Waals surface area contributed by atoms with E-state index in [1.54, 1.807) is 0 Å². The van der Waals surface area contributed by atoms with Gasteiger partial charge in [-0.25, -0.2) is 0 Å². The number of hydrogen-bond acceptors (Lipinski definition) is 0. The van der Waals surface area contributed by atoms with Crippen LogP contribution in [-0.4, -0.2) is 6.71 Å². The maximum absolute atomic E-state index is 2.35. The van der Waals surface area contributed by atoms with Crippen molar-refractivity contribution in [3.8, 4) is 0 Å². The van der Waals surface area contributed by atoms with Crippen molar-refractivity contribution in [1.29, 1.82) is 0 Å². The van der Waals surface area contributed by atoms with Gasteiger partial charge in [-0.1, -0.05) is 92.9 Å². The molecule has 0 spiro atoms. The SMILES string of the molecule is Cc1cc(C)c(B(c2c(C)cc(C)cc2C)C2C=CC=C2)c(C)c1. The van der Waals surface area contributed by atoms with Gasteiger partial charge in [-0.2, -0.15) is 0 Å². The number of hydrogen-bond donors (Lipinski definition) is 0. The summed E-state index contributed by atoms with van der Waals surface area (Å²) in [6, 6.07) is 9.32. The molecule has 0 aromatic heterocycles. The summed E-state index contributed by atoms with van der Waals surface area (Å²) in [6.45, 7) is 13.8. The van der Waals surface area contributed by atoms with Crippen molar-refractivity contribution in [2.75, 3.05) is 0 Å². The topological polar surface area (TPSA) is 0 Å². The molecule has 1 aliphatic carbocycles. The third kappa shape index (κ3) is 3.00. The van der Waals surface area contributed by atoms with Crippen molar-refractivity contribution in [3.05, 3.63) is 82.0 Å². The molecule has 0 amide bonds. The van der Waals surface area contributed by atoms with E-state index in [2.05, 4.69) is 90.1 Å². The third-order valence-electron chi connectivity index (χ3n) is 5.26. The highest BCUT2D eigenvalue weighted by atomic mass is 14.1. The van der Waals surface area contributed by atoms with Crippen LogP contribution in [0.2, 0.25) is 5.82 Å². The lowest BCUT2D eigenvalue weighted by atomic mass is 9.31. The lowest BCUT2D eigenvalue weighted by Gasteiger charge is -2.27. The molecule has 0 N–H and O–H groups in total. The van der Waals surface area contributed by atoms with Crippen LogP contribution < -0.4 is 10.9 Å². The zero-order chi connectivity index (χ0) is 17.4. The largest absolute Gasteiger partial charge is 0.221 e. The zero-order valence-electron chi connectivity index (χ0n) is 15.8. The minimum atomic E-state index is 0.390. The molecule has 0 aliphatic heterocycles. The first-order valence-electron chi connectivity index (χ1n) is 8.89. The second-order valence-electron chi connectivity index (χ2n) is 7.45. The molecule has 1 aliphatic rings. The first-order valence-corrected chi connectivity index (χ1v) is 8.89. The minimum Gasteiger partial charge on any atom is -0.0842 e. The molecule has 24 heavy (non-hydrogen) atoms. The van der Waals surface area contributed by atoms with E-state index in [0.29, 0.717) is 12.5 Å². The second kappa shape index (κ2) is 6.47.